The predicted molar refractivity (Wildman–Crippen MR) is 61.9 cm³/mol. The number of halogens is 1. The van der Waals surface area contributed by atoms with E-state index < -0.39 is 5.82 Å². The number of anilines is 1. The Labute approximate surface area is 100 Å². The summed E-state index contributed by atoms with van der Waals surface area (Å²) < 4.78 is 12.9. The fourth-order valence-electron chi connectivity index (χ4n) is 1.23. The van der Waals surface area contributed by atoms with Gasteiger partial charge in [0.05, 0.1) is 6.54 Å². The van der Waals surface area contributed by atoms with E-state index in [1.807, 2.05) is 0 Å². The minimum Gasteiger partial charge on any atom is -0.374 e. The molecule has 0 saturated heterocycles. The fourth-order valence-corrected chi connectivity index (χ4v) is 1.77. The molecule has 0 aliphatic carbocycles. The van der Waals surface area contributed by atoms with Crippen molar-refractivity contribution in [3.05, 3.63) is 40.7 Å². The molecule has 1 heterocycles. The summed E-state index contributed by atoms with van der Waals surface area (Å²) in [6, 6.07) is 5.46. The van der Waals surface area contributed by atoms with Gasteiger partial charge in [0.25, 0.3) is 5.91 Å². The number of nitrogens with one attached hydrogen (secondary N) is 1. The molecule has 2 aromatic rings. The maximum Gasteiger partial charge on any atom is 0.251 e. The van der Waals surface area contributed by atoms with E-state index in [1.54, 1.807) is 0 Å². The van der Waals surface area contributed by atoms with Gasteiger partial charge in [-0.25, -0.2) is 4.39 Å². The molecule has 5 nitrogen and oxygen atoms in total. The number of hydrogen-bond donors (Lipinski definition) is 2. The van der Waals surface area contributed by atoms with Crippen molar-refractivity contribution in [1.29, 1.82) is 0 Å². The SMILES string of the molecule is Nc1nnc(CNC(=O)c2cccc(F)c2)s1. The molecule has 3 N–H and O–H groups in total. The summed E-state index contributed by atoms with van der Waals surface area (Å²) in [6.07, 6.45) is 0. The summed E-state index contributed by atoms with van der Waals surface area (Å²) in [5.74, 6) is -0.809. The van der Waals surface area contributed by atoms with Crippen LogP contribution < -0.4 is 11.1 Å². The Morgan fingerprint density at radius 1 is 1.47 bits per heavy atom. The number of hydrogen-bond acceptors (Lipinski definition) is 5. The van der Waals surface area contributed by atoms with Crippen molar-refractivity contribution in [3.63, 3.8) is 0 Å². The average Bonchev–Trinajstić information content (AvgIpc) is 2.72. The summed E-state index contributed by atoms with van der Waals surface area (Å²) in [7, 11) is 0. The van der Waals surface area contributed by atoms with Crippen LogP contribution in [0.4, 0.5) is 9.52 Å². The topological polar surface area (TPSA) is 80.9 Å². The first-order valence-electron chi connectivity index (χ1n) is 4.77. The second kappa shape index (κ2) is 4.88. The van der Waals surface area contributed by atoms with E-state index in [1.165, 1.54) is 35.6 Å². The predicted octanol–water partition coefficient (Wildman–Crippen LogP) is 1.19. The van der Waals surface area contributed by atoms with Crippen molar-refractivity contribution in [2.75, 3.05) is 5.73 Å². The Hall–Kier alpha value is -2.02. The second-order valence-electron chi connectivity index (χ2n) is 3.23. The first-order valence-corrected chi connectivity index (χ1v) is 5.58. The number of nitrogen functional groups attached to an aromatic ring is 1. The lowest BCUT2D eigenvalue weighted by Gasteiger charge is -2.02. The van der Waals surface area contributed by atoms with Gasteiger partial charge in [-0.3, -0.25) is 4.79 Å². The van der Waals surface area contributed by atoms with Gasteiger partial charge in [0.15, 0.2) is 0 Å². The van der Waals surface area contributed by atoms with Crippen molar-refractivity contribution >= 4 is 22.4 Å². The third-order valence-electron chi connectivity index (χ3n) is 1.97. The van der Waals surface area contributed by atoms with Crippen LogP contribution in [0.3, 0.4) is 0 Å². The largest absolute Gasteiger partial charge is 0.374 e. The molecule has 0 aliphatic rings. The van der Waals surface area contributed by atoms with Crippen molar-refractivity contribution in [2.24, 2.45) is 0 Å². The number of rotatable bonds is 3. The number of amides is 1. The van der Waals surface area contributed by atoms with Crippen LogP contribution in [0.15, 0.2) is 24.3 Å². The third kappa shape index (κ3) is 2.97. The van der Waals surface area contributed by atoms with Crippen molar-refractivity contribution in [2.45, 2.75) is 6.54 Å². The minimum atomic E-state index is -0.446. The lowest BCUT2D eigenvalue weighted by atomic mass is 10.2. The highest BCUT2D eigenvalue weighted by Gasteiger charge is 2.07. The van der Waals surface area contributed by atoms with E-state index in [2.05, 4.69) is 15.5 Å². The van der Waals surface area contributed by atoms with Crippen LogP contribution in [-0.4, -0.2) is 16.1 Å². The zero-order valence-electron chi connectivity index (χ0n) is 8.68. The lowest BCUT2D eigenvalue weighted by molar-refractivity contribution is 0.0950. The molecule has 1 aromatic carbocycles. The molecular weight excluding hydrogens is 243 g/mol. The monoisotopic (exact) mass is 252 g/mol. The highest BCUT2D eigenvalue weighted by Crippen LogP contribution is 2.10. The second-order valence-corrected chi connectivity index (χ2v) is 4.32. The van der Waals surface area contributed by atoms with Crippen LogP contribution in [0, 0.1) is 5.82 Å². The van der Waals surface area contributed by atoms with E-state index in [0.717, 1.165) is 0 Å². The smallest absolute Gasteiger partial charge is 0.251 e. The van der Waals surface area contributed by atoms with Crippen molar-refractivity contribution in [1.82, 2.24) is 15.5 Å². The van der Waals surface area contributed by atoms with Gasteiger partial charge < -0.3 is 11.1 Å². The Kier molecular flexibility index (Phi) is 3.29. The number of aromatic nitrogens is 2. The molecule has 0 radical (unpaired) electrons. The van der Waals surface area contributed by atoms with Gasteiger partial charge in [0.2, 0.25) is 5.13 Å². The van der Waals surface area contributed by atoms with Crippen LogP contribution in [0.5, 0.6) is 0 Å². The molecule has 2 rings (SSSR count). The Bertz CT molecular complexity index is 543. The molecule has 7 heteroatoms. The van der Waals surface area contributed by atoms with Gasteiger partial charge in [0, 0.05) is 5.56 Å². The average molecular weight is 252 g/mol. The molecule has 0 unspecified atom stereocenters. The number of carbonyl (C=O) groups excluding carboxylic acids is 1. The minimum absolute atomic E-state index is 0.226. The van der Waals surface area contributed by atoms with Crippen LogP contribution in [-0.2, 0) is 6.54 Å². The molecule has 0 saturated carbocycles. The molecule has 0 bridgehead atoms. The van der Waals surface area contributed by atoms with E-state index in [9.17, 15) is 9.18 Å². The summed E-state index contributed by atoms with van der Waals surface area (Å²) in [4.78, 5) is 11.6. The summed E-state index contributed by atoms with van der Waals surface area (Å²) in [5, 5.41) is 10.9. The lowest BCUT2D eigenvalue weighted by Crippen LogP contribution is -2.22. The molecule has 0 aliphatic heterocycles. The molecule has 17 heavy (non-hydrogen) atoms. The molecule has 88 valence electrons. The Balaban J connectivity index is 1.98. The molecule has 1 aromatic heterocycles. The number of carbonyl (C=O) groups is 1. The van der Waals surface area contributed by atoms with E-state index in [0.29, 0.717) is 10.1 Å². The fraction of sp³-hybridized carbons (Fsp3) is 0.100. The third-order valence-corrected chi connectivity index (χ3v) is 2.72. The van der Waals surface area contributed by atoms with Gasteiger partial charge in [-0.1, -0.05) is 17.4 Å². The summed E-state index contributed by atoms with van der Waals surface area (Å²) in [6.45, 7) is 0.226. The maximum atomic E-state index is 12.9. The van der Waals surface area contributed by atoms with Gasteiger partial charge >= 0.3 is 0 Å². The number of nitrogens with two attached hydrogens (primary N) is 1. The Morgan fingerprint density at radius 3 is 2.94 bits per heavy atom. The Morgan fingerprint density at radius 2 is 2.29 bits per heavy atom. The molecular formula is C10H9FN4OS. The number of nitrogens with zero attached hydrogens (tertiary/aromatic N) is 2. The standard InChI is InChI=1S/C10H9FN4OS/c11-7-3-1-2-6(4-7)9(16)13-5-8-14-15-10(12)17-8/h1-4H,5H2,(H2,12,15)(H,13,16). The van der Waals surface area contributed by atoms with Gasteiger partial charge in [-0.05, 0) is 18.2 Å². The van der Waals surface area contributed by atoms with Crippen LogP contribution in [0.1, 0.15) is 15.4 Å². The van der Waals surface area contributed by atoms with E-state index in [4.69, 9.17) is 5.73 Å². The molecule has 1 amide bonds. The van der Waals surface area contributed by atoms with E-state index >= 15 is 0 Å². The summed E-state index contributed by atoms with van der Waals surface area (Å²) in [5.41, 5.74) is 5.66. The zero-order chi connectivity index (χ0) is 12.3. The molecule has 0 atom stereocenters. The number of benzene rings is 1. The van der Waals surface area contributed by atoms with Crippen LogP contribution >= 0.6 is 11.3 Å². The summed E-state index contributed by atoms with van der Waals surface area (Å²) >= 11 is 1.19. The molecule has 0 spiro atoms. The van der Waals surface area contributed by atoms with Crippen molar-refractivity contribution in [3.8, 4) is 0 Å². The van der Waals surface area contributed by atoms with Crippen LogP contribution in [0.25, 0.3) is 0 Å². The highest BCUT2D eigenvalue weighted by atomic mass is 32.1. The molecule has 0 fully saturated rings. The quantitative estimate of drug-likeness (QED) is 0.859. The van der Waals surface area contributed by atoms with Gasteiger partial charge in [-0.15, -0.1) is 10.2 Å². The first kappa shape index (κ1) is 11.5. The maximum absolute atomic E-state index is 12.9. The normalized spacial score (nSPS) is 10.2. The van der Waals surface area contributed by atoms with Gasteiger partial charge in [0.1, 0.15) is 10.8 Å². The van der Waals surface area contributed by atoms with Crippen molar-refractivity contribution < 1.29 is 9.18 Å². The van der Waals surface area contributed by atoms with E-state index in [-0.39, 0.29) is 18.0 Å². The van der Waals surface area contributed by atoms with Crippen LogP contribution in [0.2, 0.25) is 0 Å². The first-order chi connectivity index (χ1) is 8.15. The van der Waals surface area contributed by atoms with Gasteiger partial charge in [-0.2, -0.15) is 0 Å². The zero-order valence-corrected chi connectivity index (χ0v) is 9.50. The highest BCUT2D eigenvalue weighted by molar-refractivity contribution is 7.15.